The van der Waals surface area contributed by atoms with Crippen LogP contribution in [0.4, 0.5) is 5.69 Å². The van der Waals surface area contributed by atoms with Crippen LogP contribution in [0.5, 0.6) is 11.5 Å². The Hall–Kier alpha value is -2.01. The number of hydrogen-bond acceptors (Lipinski definition) is 6. The largest absolute Gasteiger partial charge is 0.497 e. The minimum absolute atomic E-state index is 0.193. The lowest BCUT2D eigenvalue weighted by molar-refractivity contribution is 0.0425. The van der Waals surface area contributed by atoms with Gasteiger partial charge in [0.25, 0.3) is 7.37 Å². The molecular formula is C27H40NO5P. The van der Waals surface area contributed by atoms with E-state index >= 15 is 0 Å². The maximum atomic E-state index is 14.8. The van der Waals surface area contributed by atoms with Crippen LogP contribution in [-0.4, -0.2) is 39.5 Å². The van der Waals surface area contributed by atoms with Gasteiger partial charge in [0.1, 0.15) is 11.5 Å². The third kappa shape index (κ3) is 5.62. The molecule has 2 aromatic carbocycles. The van der Waals surface area contributed by atoms with Crippen LogP contribution in [-0.2, 0) is 9.09 Å². The highest BCUT2D eigenvalue weighted by Gasteiger charge is 2.43. The van der Waals surface area contributed by atoms with Crippen molar-refractivity contribution in [1.29, 1.82) is 0 Å². The van der Waals surface area contributed by atoms with E-state index in [4.69, 9.17) is 14.0 Å². The lowest BCUT2D eigenvalue weighted by atomic mass is 9.75. The summed E-state index contributed by atoms with van der Waals surface area (Å²) in [5.41, 5.74) is 1.41. The lowest BCUT2D eigenvalue weighted by Gasteiger charge is -2.40. The maximum absolute atomic E-state index is 14.8. The quantitative estimate of drug-likeness (QED) is 0.446. The average Bonchev–Trinajstić information content (AvgIpc) is 2.82. The summed E-state index contributed by atoms with van der Waals surface area (Å²) >= 11 is 0. The smallest absolute Gasteiger partial charge is 0.264 e. The molecule has 0 spiro atoms. The molecule has 34 heavy (non-hydrogen) atoms. The van der Waals surface area contributed by atoms with Crippen LogP contribution in [0.2, 0.25) is 0 Å². The molecule has 2 aromatic rings. The number of hydrogen-bond donors (Lipinski definition) is 1. The Labute approximate surface area is 204 Å². The number of aliphatic hydroxyl groups excluding tert-OH is 1. The van der Waals surface area contributed by atoms with Crippen LogP contribution in [0, 0.1) is 17.8 Å². The number of aliphatic hydroxyl groups is 1. The summed E-state index contributed by atoms with van der Waals surface area (Å²) in [5, 5.41) is 12.2. The predicted molar refractivity (Wildman–Crippen MR) is 139 cm³/mol. The third-order valence-corrected chi connectivity index (χ3v) is 9.54. The van der Waals surface area contributed by atoms with Gasteiger partial charge in [-0.15, -0.1) is 0 Å². The van der Waals surface area contributed by atoms with Crippen molar-refractivity contribution < 1.29 is 23.7 Å². The summed E-state index contributed by atoms with van der Waals surface area (Å²) in [4.78, 5) is 1.98. The zero-order chi connectivity index (χ0) is 25.0. The molecule has 0 aliphatic heterocycles. The Morgan fingerprint density at radius 3 is 2.26 bits per heavy atom. The van der Waals surface area contributed by atoms with Crippen LogP contribution in [0.15, 0.2) is 42.5 Å². The number of nitrogens with zero attached hydrogens (tertiary/aromatic N) is 1. The number of rotatable bonds is 9. The van der Waals surface area contributed by atoms with E-state index in [1.54, 1.807) is 25.3 Å². The fraction of sp³-hybridized carbons (Fsp3) is 0.556. The first-order valence-corrected chi connectivity index (χ1v) is 13.8. The third-order valence-electron chi connectivity index (χ3n) is 7.02. The molecule has 7 heteroatoms. The topological polar surface area (TPSA) is 68.2 Å². The number of anilines is 1. The zero-order valence-corrected chi connectivity index (χ0v) is 22.4. The molecule has 1 saturated carbocycles. The van der Waals surface area contributed by atoms with Crippen molar-refractivity contribution in [1.82, 2.24) is 0 Å². The lowest BCUT2D eigenvalue weighted by Crippen LogP contribution is -2.35. The summed E-state index contributed by atoms with van der Waals surface area (Å²) in [7, 11) is 3.26. The Morgan fingerprint density at radius 1 is 1.03 bits per heavy atom. The molecule has 0 radical (unpaired) electrons. The molecule has 5 atom stereocenters. The molecule has 1 aliphatic rings. The molecule has 188 valence electrons. The number of ether oxygens (including phenoxy) is 2. The second kappa shape index (κ2) is 11.2. The van der Waals surface area contributed by atoms with E-state index in [1.165, 1.54) is 7.11 Å². The average molecular weight is 490 g/mol. The molecule has 6 nitrogen and oxygen atoms in total. The fourth-order valence-electron chi connectivity index (χ4n) is 4.87. The van der Waals surface area contributed by atoms with Crippen molar-refractivity contribution in [2.45, 2.75) is 52.0 Å². The minimum Gasteiger partial charge on any atom is -0.497 e. The first-order chi connectivity index (χ1) is 16.1. The molecule has 1 aliphatic carbocycles. The highest BCUT2D eigenvalue weighted by atomic mass is 31.2. The SMILES string of the molecule is COc1ccc([C@H](O)[P@](=O)(O[C@@H]2C[C@@H](C)CC[C@H]2C(C)C)c2ccc(N(C)C)cc2)c(OC)c1. The van der Waals surface area contributed by atoms with Gasteiger partial charge in [0.2, 0.25) is 0 Å². The van der Waals surface area contributed by atoms with Gasteiger partial charge < -0.3 is 24.0 Å². The molecule has 3 rings (SSSR count). The summed E-state index contributed by atoms with van der Waals surface area (Å²) < 4.78 is 32.2. The monoisotopic (exact) mass is 489 g/mol. The van der Waals surface area contributed by atoms with E-state index in [-0.39, 0.29) is 12.0 Å². The van der Waals surface area contributed by atoms with Gasteiger partial charge in [0.15, 0.2) is 5.85 Å². The van der Waals surface area contributed by atoms with Gasteiger partial charge in [-0.05, 0) is 67.0 Å². The van der Waals surface area contributed by atoms with Crippen LogP contribution >= 0.6 is 7.37 Å². The van der Waals surface area contributed by atoms with Crippen molar-refractivity contribution in [3.8, 4) is 11.5 Å². The molecule has 0 aromatic heterocycles. The van der Waals surface area contributed by atoms with Crippen molar-refractivity contribution in [2.75, 3.05) is 33.2 Å². The first-order valence-electron chi connectivity index (χ1n) is 12.1. The van der Waals surface area contributed by atoms with E-state index < -0.39 is 13.2 Å². The molecule has 1 N–H and O–H groups in total. The minimum atomic E-state index is -3.75. The van der Waals surface area contributed by atoms with Crippen LogP contribution in [0.25, 0.3) is 0 Å². The predicted octanol–water partition coefficient (Wildman–Crippen LogP) is 5.84. The summed E-state index contributed by atoms with van der Waals surface area (Å²) in [6, 6.07) is 12.6. The summed E-state index contributed by atoms with van der Waals surface area (Å²) in [6.45, 7) is 6.60. The molecule has 0 saturated heterocycles. The highest BCUT2D eigenvalue weighted by Crippen LogP contribution is 2.61. The van der Waals surface area contributed by atoms with E-state index in [1.807, 2.05) is 43.3 Å². The fourth-order valence-corrected chi connectivity index (χ4v) is 7.18. The number of benzene rings is 2. The molecule has 0 heterocycles. The standard InChI is InChI=1S/C27H40NO5P/c1-18(2)23-14-8-19(3)16-26(23)33-34(30,22-12-9-20(10-13-22)28(4)5)27(29)24-15-11-21(31-6)17-25(24)32-7/h9-13,15,17-19,23,26-27,29H,8,14,16H2,1-7H3/t19-,23-,26+,27+,34+/m0/s1. The second-order valence-electron chi connectivity index (χ2n) is 9.96. The molecule has 0 amide bonds. The highest BCUT2D eigenvalue weighted by molar-refractivity contribution is 7.67. The van der Waals surface area contributed by atoms with Gasteiger partial charge in [-0.25, -0.2) is 0 Å². The van der Waals surface area contributed by atoms with Gasteiger partial charge in [0.05, 0.1) is 20.3 Å². The van der Waals surface area contributed by atoms with Crippen LogP contribution in [0.3, 0.4) is 0 Å². The van der Waals surface area contributed by atoms with Crippen molar-refractivity contribution >= 4 is 18.4 Å². The maximum Gasteiger partial charge on any atom is 0.264 e. The van der Waals surface area contributed by atoms with Gasteiger partial charge in [-0.3, -0.25) is 4.57 Å². The molecule has 0 unspecified atom stereocenters. The van der Waals surface area contributed by atoms with E-state index in [9.17, 15) is 9.67 Å². The van der Waals surface area contributed by atoms with Gasteiger partial charge in [-0.2, -0.15) is 0 Å². The Kier molecular flexibility index (Phi) is 8.72. The van der Waals surface area contributed by atoms with Gasteiger partial charge in [-0.1, -0.05) is 27.2 Å². The summed E-state index contributed by atoms with van der Waals surface area (Å²) in [5.74, 6) is 0.809. The zero-order valence-electron chi connectivity index (χ0n) is 21.5. The number of methoxy groups -OCH3 is 2. The van der Waals surface area contributed by atoms with Gasteiger partial charge >= 0.3 is 0 Å². The molecular weight excluding hydrogens is 449 g/mol. The van der Waals surface area contributed by atoms with Crippen LogP contribution < -0.4 is 19.7 Å². The van der Waals surface area contributed by atoms with Crippen molar-refractivity contribution in [3.63, 3.8) is 0 Å². The Balaban J connectivity index is 2.09. The van der Waals surface area contributed by atoms with Gasteiger partial charge in [0, 0.05) is 36.7 Å². The summed E-state index contributed by atoms with van der Waals surface area (Å²) in [6.07, 6.45) is 2.81. The Morgan fingerprint density at radius 2 is 1.71 bits per heavy atom. The van der Waals surface area contributed by atoms with E-state index in [0.29, 0.717) is 34.2 Å². The van der Waals surface area contributed by atoms with E-state index in [0.717, 1.165) is 24.9 Å². The molecule has 0 bridgehead atoms. The van der Waals surface area contributed by atoms with Crippen molar-refractivity contribution in [3.05, 3.63) is 48.0 Å². The Bertz CT molecular complexity index is 991. The first kappa shape index (κ1) is 26.6. The second-order valence-corrected chi connectivity index (χ2v) is 12.4. The van der Waals surface area contributed by atoms with Crippen molar-refractivity contribution in [2.24, 2.45) is 17.8 Å². The molecule has 1 fully saturated rings. The van der Waals surface area contributed by atoms with Crippen LogP contribution in [0.1, 0.15) is 51.4 Å². The normalized spacial score (nSPS) is 23.3. The van der Waals surface area contributed by atoms with E-state index in [2.05, 4.69) is 20.8 Å².